The van der Waals surface area contributed by atoms with Gasteiger partial charge < -0.3 is 62.2 Å². The van der Waals surface area contributed by atoms with Crippen molar-refractivity contribution in [2.45, 2.75) is 199 Å². The molecule has 0 unspecified atom stereocenters. The fourth-order valence-electron chi connectivity index (χ4n) is 9.93. The van der Waals surface area contributed by atoms with Crippen molar-refractivity contribution in [1.82, 2.24) is 9.80 Å². The number of methoxy groups -OCH3 is 1. The van der Waals surface area contributed by atoms with Crippen molar-refractivity contribution in [3.63, 3.8) is 0 Å². The van der Waals surface area contributed by atoms with E-state index in [0.29, 0.717) is 32.5 Å². The van der Waals surface area contributed by atoms with Crippen molar-refractivity contribution < 1.29 is 81.2 Å². The van der Waals surface area contributed by atoms with E-state index < -0.39 is 133 Å². The molecule has 1 aromatic rings. The maximum atomic E-state index is 13.8. The van der Waals surface area contributed by atoms with E-state index >= 15 is 0 Å². The number of aldehydes is 1. The molecule has 0 bridgehead atoms. The fraction of sp³-hybridized carbons (Fsp3) is 0.765. The van der Waals surface area contributed by atoms with E-state index in [2.05, 4.69) is 4.90 Å². The zero-order valence-corrected chi connectivity index (χ0v) is 43.3. The maximum Gasteiger partial charge on any atom is 0.309 e. The number of hydrogen-bond acceptors (Lipinski definition) is 19. The SMILES string of the molecule is CCC(=O)O[C@@H]1CC(=O)O[C@H](C)CCN(CCc2ccccc2)C[C@H](OC(C)=O)[C@H](C)C[C@H](CC=O)[C@H](O[C@@H]2O[C@H](C)[C@@H](O[C@H]3C[C@@](C)(OC(C)=O)[C@@H](OC(=O)CC)[C@H](C)O3)[C@H](N(C)C)[C@H]2O)[C@H]1OC. The van der Waals surface area contributed by atoms with Crippen LogP contribution in [0.4, 0.5) is 0 Å². The summed E-state index contributed by atoms with van der Waals surface area (Å²) in [4.78, 5) is 81.2. The monoisotopic (exact) mass is 993 g/mol. The molecule has 1 aromatic carbocycles. The van der Waals surface area contributed by atoms with E-state index in [-0.39, 0.29) is 32.1 Å². The average molecular weight is 993 g/mol. The molecule has 70 heavy (non-hydrogen) atoms. The predicted molar refractivity (Wildman–Crippen MR) is 253 cm³/mol. The highest BCUT2D eigenvalue weighted by atomic mass is 16.7. The number of ether oxygens (including phenoxy) is 10. The largest absolute Gasteiger partial charge is 0.463 e. The first-order valence-electron chi connectivity index (χ1n) is 24.8. The zero-order chi connectivity index (χ0) is 51.9. The number of cyclic esters (lactones) is 1. The summed E-state index contributed by atoms with van der Waals surface area (Å²) in [5, 5.41) is 12.4. The van der Waals surface area contributed by atoms with Crippen LogP contribution in [0.2, 0.25) is 0 Å². The van der Waals surface area contributed by atoms with Crippen LogP contribution in [0.15, 0.2) is 30.3 Å². The standard InChI is InChI=1S/C51H80N2O17/c1-13-40(57)66-38-27-42(59)62-31(4)20-23-53(24-21-36-18-16-15-17-19-36)29-39(65-34(7)55)30(3)26-37(22-25-54)47(48(38)61-12)69-50-45(60)44(52(10)11)46(32(5)64-50)68-43-28-51(9,70-35(8)56)49(33(6)63-43)67-41(58)14-2/h15-19,25,30-33,37-39,43-50,60H,13-14,20-24,26-29H2,1-12H3/t30-,31-,32-,33+,37+,38-,39+,43+,44-,45-,46-,47+,48+,49+,50+,51-/m1/s1. The molecule has 19 nitrogen and oxygen atoms in total. The van der Waals surface area contributed by atoms with E-state index in [1.165, 1.54) is 21.0 Å². The minimum absolute atomic E-state index is 0.0243. The Hall–Kier alpha value is -4.08. The van der Waals surface area contributed by atoms with Gasteiger partial charge in [0.2, 0.25) is 0 Å². The summed E-state index contributed by atoms with van der Waals surface area (Å²) in [7, 11) is 4.87. The van der Waals surface area contributed by atoms with Crippen molar-refractivity contribution in [1.29, 1.82) is 0 Å². The Bertz CT molecular complexity index is 1840. The van der Waals surface area contributed by atoms with E-state index in [4.69, 9.17) is 47.4 Å². The van der Waals surface area contributed by atoms with Gasteiger partial charge in [0, 0.05) is 66.3 Å². The van der Waals surface area contributed by atoms with Gasteiger partial charge >= 0.3 is 29.8 Å². The first kappa shape index (κ1) is 58.5. The van der Waals surface area contributed by atoms with Gasteiger partial charge in [0.25, 0.3) is 0 Å². The Labute approximate surface area is 413 Å². The minimum Gasteiger partial charge on any atom is -0.463 e. The van der Waals surface area contributed by atoms with Crippen LogP contribution in [-0.4, -0.2) is 177 Å². The molecule has 3 fully saturated rings. The lowest BCUT2D eigenvalue weighted by molar-refractivity contribution is -0.344. The summed E-state index contributed by atoms with van der Waals surface area (Å²) in [5.41, 5.74) is -0.212. The molecule has 3 aliphatic rings. The predicted octanol–water partition coefficient (Wildman–Crippen LogP) is 4.34. The molecule has 4 rings (SSSR count). The molecule has 0 aliphatic carbocycles. The number of rotatable bonds is 17. The molecule has 0 saturated carbocycles. The summed E-state index contributed by atoms with van der Waals surface area (Å²) in [6, 6.07) is 9.15. The number of esters is 5. The van der Waals surface area contributed by atoms with Crippen molar-refractivity contribution in [2.75, 3.05) is 40.8 Å². The highest BCUT2D eigenvalue weighted by Crippen LogP contribution is 2.39. The normalized spacial score (nSPS) is 35.1. The number of carbonyl (C=O) groups is 6. The van der Waals surface area contributed by atoms with Gasteiger partial charge in [-0.1, -0.05) is 51.1 Å². The summed E-state index contributed by atoms with van der Waals surface area (Å²) in [5.74, 6) is -3.98. The Balaban J connectivity index is 1.74. The van der Waals surface area contributed by atoms with Gasteiger partial charge in [-0.05, 0) is 78.5 Å². The van der Waals surface area contributed by atoms with Gasteiger partial charge in [-0.25, -0.2) is 0 Å². The minimum atomic E-state index is -1.45. The molecule has 0 spiro atoms. The maximum absolute atomic E-state index is 13.8. The molecule has 3 saturated heterocycles. The van der Waals surface area contributed by atoms with Crippen LogP contribution in [0.25, 0.3) is 0 Å². The first-order chi connectivity index (χ1) is 33.1. The number of aliphatic hydroxyl groups excluding tert-OH is 1. The third-order valence-corrected chi connectivity index (χ3v) is 13.4. The molecule has 0 radical (unpaired) electrons. The summed E-state index contributed by atoms with van der Waals surface area (Å²) < 4.78 is 61.8. The van der Waals surface area contributed by atoms with Gasteiger partial charge in [-0.15, -0.1) is 0 Å². The second-order valence-corrected chi connectivity index (χ2v) is 19.4. The summed E-state index contributed by atoms with van der Waals surface area (Å²) in [6.45, 7) is 16.1. The van der Waals surface area contributed by atoms with Gasteiger partial charge in [0.05, 0.1) is 30.8 Å². The molecular formula is C51H80N2O17. The number of benzene rings is 1. The van der Waals surface area contributed by atoms with Crippen molar-refractivity contribution in [3.8, 4) is 0 Å². The van der Waals surface area contributed by atoms with Gasteiger partial charge in [0.1, 0.15) is 42.9 Å². The quantitative estimate of drug-likeness (QED) is 0.130. The van der Waals surface area contributed by atoms with Crippen LogP contribution < -0.4 is 0 Å². The highest BCUT2D eigenvalue weighted by Gasteiger charge is 2.54. The van der Waals surface area contributed by atoms with Gasteiger partial charge in [-0.2, -0.15) is 0 Å². The smallest absolute Gasteiger partial charge is 0.309 e. The van der Waals surface area contributed by atoms with E-state index in [0.717, 1.165) is 11.8 Å². The Kier molecular flexibility index (Phi) is 23.1. The number of aliphatic hydroxyl groups is 1. The van der Waals surface area contributed by atoms with Gasteiger partial charge in [0.15, 0.2) is 24.3 Å². The molecule has 0 aromatic heterocycles. The summed E-state index contributed by atoms with van der Waals surface area (Å²) >= 11 is 0. The van der Waals surface area contributed by atoms with Crippen molar-refractivity contribution in [3.05, 3.63) is 35.9 Å². The lowest BCUT2D eigenvalue weighted by atomic mass is 9.82. The molecule has 1 N–H and O–H groups in total. The number of likely N-dealkylation sites (N-methyl/N-ethyl adjacent to an activating group) is 1. The molecule has 19 heteroatoms. The fourth-order valence-corrected chi connectivity index (χ4v) is 9.93. The lowest BCUT2D eigenvalue weighted by Gasteiger charge is -2.50. The number of carbonyl (C=O) groups excluding carboxylic acids is 6. The van der Waals surface area contributed by atoms with E-state index in [1.807, 2.05) is 37.3 Å². The molecule has 3 aliphatic heterocycles. The topological polar surface area (TPSA) is 221 Å². The van der Waals surface area contributed by atoms with Crippen molar-refractivity contribution >= 4 is 36.1 Å². The van der Waals surface area contributed by atoms with Crippen LogP contribution in [-0.2, 0) is 82.6 Å². The van der Waals surface area contributed by atoms with Crippen LogP contribution >= 0.6 is 0 Å². The average Bonchev–Trinajstić information content (AvgIpc) is 3.28. The molecule has 396 valence electrons. The zero-order valence-electron chi connectivity index (χ0n) is 43.3. The number of nitrogens with zero attached hydrogens (tertiary/aromatic N) is 2. The van der Waals surface area contributed by atoms with E-state index in [1.54, 1.807) is 60.5 Å². The molecule has 3 heterocycles. The van der Waals surface area contributed by atoms with E-state index in [9.17, 15) is 33.9 Å². The van der Waals surface area contributed by atoms with Crippen LogP contribution in [0.3, 0.4) is 0 Å². The lowest BCUT2D eigenvalue weighted by Crippen LogP contribution is -2.66. The Morgan fingerprint density at radius 3 is 2.16 bits per heavy atom. The van der Waals surface area contributed by atoms with Gasteiger partial charge in [-0.3, -0.25) is 28.9 Å². The molecule has 16 atom stereocenters. The third kappa shape index (κ3) is 16.7. The second kappa shape index (κ2) is 27.7. The number of hydrogen-bond donors (Lipinski definition) is 1. The van der Waals surface area contributed by atoms with Crippen LogP contribution in [0, 0.1) is 11.8 Å². The summed E-state index contributed by atoms with van der Waals surface area (Å²) in [6.07, 6.45) is -10.6. The Morgan fingerprint density at radius 2 is 1.56 bits per heavy atom. The van der Waals surface area contributed by atoms with Crippen molar-refractivity contribution in [2.24, 2.45) is 11.8 Å². The third-order valence-electron chi connectivity index (χ3n) is 13.4. The highest BCUT2D eigenvalue weighted by molar-refractivity contribution is 5.73. The molecular weight excluding hydrogens is 913 g/mol. The Morgan fingerprint density at radius 1 is 0.886 bits per heavy atom. The first-order valence-corrected chi connectivity index (χ1v) is 24.8. The second-order valence-electron chi connectivity index (χ2n) is 19.4. The molecule has 0 amide bonds. The van der Waals surface area contributed by atoms with Crippen LogP contribution in [0.1, 0.15) is 113 Å². The van der Waals surface area contributed by atoms with Crippen LogP contribution in [0.5, 0.6) is 0 Å².